The molecule has 0 amide bonds. The van der Waals surface area contributed by atoms with Gasteiger partial charge in [-0.2, -0.15) is 0 Å². The number of carbonyl (C=O) groups excluding carboxylic acids is 1. The minimum Gasteiger partial charge on any atom is -0.298 e. The molecule has 0 N–H and O–H groups in total. The van der Waals surface area contributed by atoms with E-state index in [0.29, 0.717) is 23.4 Å². The zero-order valence-electron chi connectivity index (χ0n) is 7.16. The van der Waals surface area contributed by atoms with Crippen LogP contribution in [0.1, 0.15) is 10.4 Å². The average Bonchev–Trinajstić information content (AvgIpc) is 2.30. The first kappa shape index (κ1) is 8.43. The summed E-state index contributed by atoms with van der Waals surface area (Å²) in [5.74, 6) is 0.484. The van der Waals surface area contributed by atoms with Crippen molar-refractivity contribution in [2.75, 3.05) is 0 Å². The second kappa shape index (κ2) is 3.69. The van der Waals surface area contributed by atoms with Crippen molar-refractivity contribution >= 4 is 6.29 Å². The fraction of sp³-hybridized carbons (Fsp3) is 0. The van der Waals surface area contributed by atoms with Gasteiger partial charge in [0, 0.05) is 18.6 Å². The van der Waals surface area contributed by atoms with Gasteiger partial charge in [0.15, 0.2) is 12.1 Å². The lowest BCUT2D eigenvalue weighted by Gasteiger charge is -1.96. The Hall–Kier alpha value is -2.17. The number of hydrogen-bond acceptors (Lipinski definition) is 5. The first-order valence-electron chi connectivity index (χ1n) is 3.94. The molecular weight excluding hydrogens is 180 g/mol. The molecule has 0 aromatic carbocycles. The van der Waals surface area contributed by atoms with E-state index in [1.165, 1.54) is 18.7 Å². The Kier molecular flexibility index (Phi) is 2.22. The summed E-state index contributed by atoms with van der Waals surface area (Å²) in [5, 5.41) is 0. The third kappa shape index (κ3) is 1.61. The maximum absolute atomic E-state index is 10.3. The number of rotatable bonds is 2. The van der Waals surface area contributed by atoms with Crippen molar-refractivity contribution in [3.8, 4) is 11.5 Å². The number of aromatic nitrogens is 4. The van der Waals surface area contributed by atoms with E-state index in [4.69, 9.17) is 0 Å². The molecule has 0 fully saturated rings. The first-order chi connectivity index (χ1) is 6.90. The maximum atomic E-state index is 10.3. The van der Waals surface area contributed by atoms with Gasteiger partial charge in [0.25, 0.3) is 0 Å². The molecule has 2 heterocycles. The van der Waals surface area contributed by atoms with E-state index in [2.05, 4.69) is 19.9 Å². The molecule has 2 aromatic heterocycles. The van der Waals surface area contributed by atoms with Crippen molar-refractivity contribution in [2.45, 2.75) is 0 Å². The van der Waals surface area contributed by atoms with Gasteiger partial charge < -0.3 is 0 Å². The van der Waals surface area contributed by atoms with Crippen molar-refractivity contribution in [1.29, 1.82) is 0 Å². The Bertz CT molecular complexity index is 426. The highest BCUT2D eigenvalue weighted by atomic mass is 16.1. The predicted molar refractivity (Wildman–Crippen MR) is 48.4 cm³/mol. The molecule has 0 radical (unpaired) electrons. The summed E-state index contributed by atoms with van der Waals surface area (Å²) in [6, 6.07) is 1.70. The zero-order chi connectivity index (χ0) is 9.80. The van der Waals surface area contributed by atoms with E-state index in [1.807, 2.05) is 0 Å². The average molecular weight is 186 g/mol. The van der Waals surface area contributed by atoms with Gasteiger partial charge in [0.1, 0.15) is 12.0 Å². The molecular formula is C9H6N4O. The Morgan fingerprint density at radius 2 is 1.93 bits per heavy atom. The Labute approximate surface area is 79.9 Å². The number of carbonyl (C=O) groups is 1. The Balaban J connectivity index is 2.39. The number of aldehydes is 1. The van der Waals surface area contributed by atoms with Crippen LogP contribution in [0, 0.1) is 0 Å². The highest BCUT2D eigenvalue weighted by molar-refractivity contribution is 5.73. The summed E-state index contributed by atoms with van der Waals surface area (Å²) >= 11 is 0. The molecule has 0 spiro atoms. The molecule has 0 saturated carbocycles. The van der Waals surface area contributed by atoms with Crippen LogP contribution in [0.5, 0.6) is 0 Å². The van der Waals surface area contributed by atoms with Crippen molar-refractivity contribution in [3.05, 3.63) is 36.5 Å². The number of hydrogen-bond donors (Lipinski definition) is 0. The van der Waals surface area contributed by atoms with Gasteiger partial charge in [-0.25, -0.2) is 19.9 Å². The second-order valence-electron chi connectivity index (χ2n) is 2.55. The largest absolute Gasteiger partial charge is 0.298 e. The van der Waals surface area contributed by atoms with E-state index in [9.17, 15) is 4.79 Å². The Morgan fingerprint density at radius 3 is 2.50 bits per heavy atom. The van der Waals surface area contributed by atoms with E-state index in [1.54, 1.807) is 12.3 Å². The van der Waals surface area contributed by atoms with Crippen LogP contribution in [0.2, 0.25) is 0 Å². The van der Waals surface area contributed by atoms with Crippen LogP contribution >= 0.6 is 0 Å². The molecule has 2 rings (SSSR count). The topological polar surface area (TPSA) is 68.6 Å². The van der Waals surface area contributed by atoms with E-state index < -0.39 is 0 Å². The molecule has 0 aliphatic rings. The lowest BCUT2D eigenvalue weighted by atomic mass is 10.3. The molecule has 2 aromatic rings. The van der Waals surface area contributed by atoms with Crippen LogP contribution in [0.4, 0.5) is 0 Å². The lowest BCUT2D eigenvalue weighted by Crippen LogP contribution is -1.93. The fourth-order valence-corrected chi connectivity index (χ4v) is 0.954. The summed E-state index contributed by atoms with van der Waals surface area (Å²) in [5.41, 5.74) is 1.08. The van der Waals surface area contributed by atoms with E-state index in [-0.39, 0.29) is 0 Å². The standard InChI is InChI=1S/C9H6N4O/c14-5-7-3-11-9(12-4-7)8-1-2-10-6-13-8/h1-6H. The van der Waals surface area contributed by atoms with Gasteiger partial charge in [0.2, 0.25) is 0 Å². The molecule has 14 heavy (non-hydrogen) atoms. The third-order valence-corrected chi connectivity index (χ3v) is 1.62. The fourth-order valence-electron chi connectivity index (χ4n) is 0.954. The third-order valence-electron chi connectivity index (χ3n) is 1.62. The zero-order valence-corrected chi connectivity index (χ0v) is 7.16. The summed E-state index contributed by atoms with van der Waals surface area (Å²) in [7, 11) is 0. The summed E-state index contributed by atoms with van der Waals surface area (Å²) < 4.78 is 0. The molecule has 0 saturated heterocycles. The maximum Gasteiger partial charge on any atom is 0.178 e. The molecule has 5 nitrogen and oxygen atoms in total. The van der Waals surface area contributed by atoms with Crippen LogP contribution in [-0.2, 0) is 0 Å². The minimum atomic E-state index is 0.447. The molecule has 0 unspecified atom stereocenters. The smallest absolute Gasteiger partial charge is 0.178 e. The van der Waals surface area contributed by atoms with Crippen LogP contribution in [0.3, 0.4) is 0 Å². The second-order valence-corrected chi connectivity index (χ2v) is 2.55. The van der Waals surface area contributed by atoms with E-state index in [0.717, 1.165) is 0 Å². The van der Waals surface area contributed by atoms with Gasteiger partial charge in [-0.1, -0.05) is 0 Å². The number of nitrogens with zero attached hydrogens (tertiary/aromatic N) is 4. The summed E-state index contributed by atoms with van der Waals surface area (Å²) in [6.45, 7) is 0. The normalized spacial score (nSPS) is 9.71. The van der Waals surface area contributed by atoms with Crippen LogP contribution < -0.4 is 0 Å². The van der Waals surface area contributed by atoms with Crippen molar-refractivity contribution in [2.24, 2.45) is 0 Å². The van der Waals surface area contributed by atoms with Gasteiger partial charge in [0.05, 0.1) is 5.56 Å². The first-order valence-corrected chi connectivity index (χ1v) is 3.94. The molecule has 5 heteroatoms. The highest BCUT2D eigenvalue weighted by Gasteiger charge is 2.00. The molecule has 0 atom stereocenters. The quantitative estimate of drug-likeness (QED) is 0.647. The van der Waals surface area contributed by atoms with Crippen molar-refractivity contribution in [1.82, 2.24) is 19.9 Å². The van der Waals surface area contributed by atoms with Gasteiger partial charge >= 0.3 is 0 Å². The van der Waals surface area contributed by atoms with Gasteiger partial charge in [-0.05, 0) is 6.07 Å². The van der Waals surface area contributed by atoms with Crippen molar-refractivity contribution in [3.63, 3.8) is 0 Å². The molecule has 0 aliphatic heterocycles. The minimum absolute atomic E-state index is 0.447. The summed E-state index contributed by atoms with van der Waals surface area (Å²) in [4.78, 5) is 26.1. The molecule has 0 bridgehead atoms. The van der Waals surface area contributed by atoms with Crippen LogP contribution in [-0.4, -0.2) is 26.2 Å². The van der Waals surface area contributed by atoms with E-state index >= 15 is 0 Å². The Morgan fingerprint density at radius 1 is 1.14 bits per heavy atom. The van der Waals surface area contributed by atoms with Gasteiger partial charge in [-0.3, -0.25) is 4.79 Å². The van der Waals surface area contributed by atoms with Crippen molar-refractivity contribution < 1.29 is 4.79 Å². The molecule has 0 aliphatic carbocycles. The van der Waals surface area contributed by atoms with Crippen LogP contribution in [0.15, 0.2) is 31.0 Å². The SMILES string of the molecule is O=Cc1cnc(-c2ccncn2)nc1. The lowest BCUT2D eigenvalue weighted by molar-refractivity contribution is 0.112. The summed E-state index contributed by atoms with van der Waals surface area (Å²) in [6.07, 6.45) is 6.64. The highest BCUT2D eigenvalue weighted by Crippen LogP contribution is 2.08. The van der Waals surface area contributed by atoms with Gasteiger partial charge in [-0.15, -0.1) is 0 Å². The molecule has 68 valence electrons. The van der Waals surface area contributed by atoms with Crippen LogP contribution in [0.25, 0.3) is 11.5 Å². The monoisotopic (exact) mass is 186 g/mol. The predicted octanol–water partition coefficient (Wildman–Crippen LogP) is 0.746.